The highest BCUT2D eigenvalue weighted by Gasteiger charge is 2.39. The normalized spacial score (nSPS) is 27.1. The van der Waals surface area contributed by atoms with Gasteiger partial charge in [-0.1, -0.05) is 12.1 Å². The van der Waals surface area contributed by atoms with Gasteiger partial charge in [0.1, 0.15) is 0 Å². The summed E-state index contributed by atoms with van der Waals surface area (Å²) in [5.41, 5.74) is 1.82. The van der Waals surface area contributed by atoms with Crippen molar-refractivity contribution in [3.63, 3.8) is 0 Å². The van der Waals surface area contributed by atoms with Gasteiger partial charge in [-0.2, -0.15) is 0 Å². The highest BCUT2D eigenvalue weighted by molar-refractivity contribution is 5.94. The molecule has 2 saturated carbocycles. The molecule has 4 rings (SSSR count). The lowest BCUT2D eigenvalue weighted by atomic mass is 9.92. The van der Waals surface area contributed by atoms with Gasteiger partial charge >= 0.3 is 0 Å². The molecule has 2 aliphatic carbocycles. The molecule has 2 atom stereocenters. The zero-order valence-electron chi connectivity index (χ0n) is 16.7. The molecule has 2 N–H and O–H groups in total. The molecular weight excluding hydrogens is 398 g/mol. The Morgan fingerprint density at radius 3 is 2.59 bits per heavy atom. The van der Waals surface area contributed by atoms with E-state index in [9.17, 15) is 13.6 Å². The SMILES string of the molecule is Cl.O=C(NC1CCC(F)(F)CC1)c1cccc(C2CC2NCC2CCOCC2)c1. The van der Waals surface area contributed by atoms with Crippen LogP contribution in [-0.2, 0) is 4.74 Å². The van der Waals surface area contributed by atoms with Gasteiger partial charge < -0.3 is 15.4 Å². The van der Waals surface area contributed by atoms with Crippen LogP contribution < -0.4 is 10.6 Å². The number of halogens is 3. The average Bonchev–Trinajstić information content (AvgIpc) is 3.49. The Kier molecular flexibility index (Phi) is 7.52. The quantitative estimate of drug-likeness (QED) is 0.710. The first-order valence-electron chi connectivity index (χ1n) is 10.6. The number of alkyl halides is 2. The van der Waals surface area contributed by atoms with E-state index in [0.29, 0.717) is 36.3 Å². The number of nitrogens with one attached hydrogen (secondary N) is 2. The number of benzene rings is 1. The van der Waals surface area contributed by atoms with Gasteiger partial charge in [0.05, 0.1) is 0 Å². The fourth-order valence-corrected chi connectivity index (χ4v) is 4.42. The fraction of sp³-hybridized carbons (Fsp3) is 0.682. The predicted molar refractivity (Wildman–Crippen MR) is 111 cm³/mol. The molecule has 2 unspecified atom stereocenters. The number of hydrogen-bond acceptors (Lipinski definition) is 3. The minimum absolute atomic E-state index is 0. The van der Waals surface area contributed by atoms with Crippen molar-refractivity contribution >= 4 is 18.3 Å². The highest BCUT2D eigenvalue weighted by atomic mass is 35.5. The molecule has 29 heavy (non-hydrogen) atoms. The van der Waals surface area contributed by atoms with E-state index < -0.39 is 5.92 Å². The average molecular weight is 429 g/mol. The maximum absolute atomic E-state index is 13.3. The third-order valence-electron chi connectivity index (χ3n) is 6.43. The molecule has 1 saturated heterocycles. The van der Waals surface area contributed by atoms with Crippen LogP contribution in [0.3, 0.4) is 0 Å². The van der Waals surface area contributed by atoms with E-state index in [-0.39, 0.29) is 37.2 Å². The summed E-state index contributed by atoms with van der Waals surface area (Å²) < 4.78 is 32.0. The van der Waals surface area contributed by atoms with Crippen LogP contribution >= 0.6 is 12.4 Å². The molecule has 4 nitrogen and oxygen atoms in total. The molecule has 1 aromatic carbocycles. The van der Waals surface area contributed by atoms with Crippen LogP contribution in [0.15, 0.2) is 24.3 Å². The monoisotopic (exact) mass is 428 g/mol. The van der Waals surface area contributed by atoms with Crippen LogP contribution in [0.4, 0.5) is 8.78 Å². The fourth-order valence-electron chi connectivity index (χ4n) is 4.42. The number of ether oxygens (including phenoxy) is 1. The number of hydrogen-bond donors (Lipinski definition) is 2. The minimum atomic E-state index is -2.57. The van der Waals surface area contributed by atoms with E-state index in [4.69, 9.17) is 4.74 Å². The largest absolute Gasteiger partial charge is 0.381 e. The summed E-state index contributed by atoms with van der Waals surface area (Å²) >= 11 is 0. The second-order valence-corrected chi connectivity index (χ2v) is 8.64. The first kappa shape index (κ1) is 22.4. The molecule has 0 aromatic heterocycles. The predicted octanol–water partition coefficient (Wildman–Crippen LogP) is 4.29. The van der Waals surface area contributed by atoms with Crippen molar-refractivity contribution < 1.29 is 18.3 Å². The van der Waals surface area contributed by atoms with Crippen molar-refractivity contribution in [2.75, 3.05) is 19.8 Å². The molecule has 1 aliphatic heterocycles. The lowest BCUT2D eigenvalue weighted by Crippen LogP contribution is -2.40. The summed E-state index contributed by atoms with van der Waals surface area (Å²) in [7, 11) is 0. The Bertz CT molecular complexity index is 687. The Balaban J connectivity index is 0.00000240. The van der Waals surface area contributed by atoms with Gasteiger partial charge in [-0.3, -0.25) is 4.79 Å². The van der Waals surface area contributed by atoms with Crippen molar-refractivity contribution in [2.24, 2.45) is 5.92 Å². The molecule has 1 aromatic rings. The summed E-state index contributed by atoms with van der Waals surface area (Å²) in [4.78, 5) is 12.6. The number of carbonyl (C=O) groups excluding carboxylic acids is 1. The molecule has 162 valence electrons. The molecule has 3 aliphatic rings. The molecule has 0 radical (unpaired) electrons. The number of carbonyl (C=O) groups is 1. The Morgan fingerprint density at radius 2 is 1.86 bits per heavy atom. The molecule has 0 spiro atoms. The minimum Gasteiger partial charge on any atom is -0.381 e. The second kappa shape index (κ2) is 9.71. The number of amides is 1. The van der Waals surface area contributed by atoms with Crippen molar-refractivity contribution in [1.82, 2.24) is 10.6 Å². The molecule has 0 bridgehead atoms. The molecule has 1 amide bonds. The summed E-state index contributed by atoms with van der Waals surface area (Å²) in [6.45, 7) is 2.78. The van der Waals surface area contributed by atoms with Crippen molar-refractivity contribution in [3.05, 3.63) is 35.4 Å². The Hall–Kier alpha value is -1.24. The van der Waals surface area contributed by atoms with E-state index in [1.807, 2.05) is 18.2 Å². The van der Waals surface area contributed by atoms with Gasteiger partial charge in [-0.05, 0) is 62.3 Å². The maximum Gasteiger partial charge on any atom is 0.251 e. The van der Waals surface area contributed by atoms with Crippen LogP contribution in [0.25, 0.3) is 0 Å². The van der Waals surface area contributed by atoms with Crippen LogP contribution in [0.2, 0.25) is 0 Å². The smallest absolute Gasteiger partial charge is 0.251 e. The van der Waals surface area contributed by atoms with Crippen LogP contribution in [0.1, 0.15) is 66.8 Å². The Morgan fingerprint density at radius 1 is 1.14 bits per heavy atom. The molecule has 3 fully saturated rings. The van der Waals surface area contributed by atoms with Gasteiger partial charge in [0.2, 0.25) is 5.92 Å². The van der Waals surface area contributed by atoms with E-state index >= 15 is 0 Å². The van der Waals surface area contributed by atoms with E-state index in [1.54, 1.807) is 0 Å². The molecule has 7 heteroatoms. The summed E-state index contributed by atoms with van der Waals surface area (Å²) in [5.74, 6) is -1.56. The topological polar surface area (TPSA) is 50.4 Å². The zero-order chi connectivity index (χ0) is 19.6. The van der Waals surface area contributed by atoms with Crippen LogP contribution in [-0.4, -0.2) is 43.7 Å². The van der Waals surface area contributed by atoms with Crippen molar-refractivity contribution in [2.45, 2.75) is 68.9 Å². The zero-order valence-corrected chi connectivity index (χ0v) is 17.5. The van der Waals surface area contributed by atoms with Gasteiger partial charge in [0, 0.05) is 49.6 Å². The third kappa shape index (κ3) is 6.12. The van der Waals surface area contributed by atoms with Crippen molar-refractivity contribution in [3.8, 4) is 0 Å². The summed E-state index contributed by atoms with van der Waals surface area (Å²) in [6, 6.07) is 8.12. The van der Waals surface area contributed by atoms with Crippen LogP contribution in [0, 0.1) is 5.92 Å². The maximum atomic E-state index is 13.3. The van der Waals surface area contributed by atoms with E-state index in [2.05, 4.69) is 16.7 Å². The molecule has 1 heterocycles. The third-order valence-corrected chi connectivity index (χ3v) is 6.43. The van der Waals surface area contributed by atoms with E-state index in [1.165, 1.54) is 5.56 Å². The van der Waals surface area contributed by atoms with Gasteiger partial charge in [-0.25, -0.2) is 8.78 Å². The second-order valence-electron chi connectivity index (χ2n) is 8.64. The number of rotatable bonds is 6. The van der Waals surface area contributed by atoms with Gasteiger partial charge in [0.15, 0.2) is 0 Å². The van der Waals surface area contributed by atoms with Crippen LogP contribution in [0.5, 0.6) is 0 Å². The highest BCUT2D eigenvalue weighted by Crippen LogP contribution is 2.41. The molecular formula is C22H31ClF2N2O2. The lowest BCUT2D eigenvalue weighted by Gasteiger charge is -2.28. The summed E-state index contributed by atoms with van der Waals surface area (Å²) in [5, 5.41) is 6.61. The first-order valence-corrected chi connectivity index (χ1v) is 10.6. The summed E-state index contributed by atoms with van der Waals surface area (Å²) in [6.07, 6.45) is 3.78. The lowest BCUT2D eigenvalue weighted by molar-refractivity contribution is -0.0399. The Labute approximate surface area is 177 Å². The standard InChI is InChI=1S/C22H30F2N2O2.ClH/c23-22(24)8-4-18(5-9-22)26-21(27)17-3-1-2-16(12-17)19-13-20(19)25-14-15-6-10-28-11-7-15;/h1-3,12,15,18-20,25H,4-11,13-14H2,(H,26,27);1H. The van der Waals surface area contributed by atoms with E-state index in [0.717, 1.165) is 39.0 Å². The van der Waals surface area contributed by atoms with Crippen molar-refractivity contribution in [1.29, 1.82) is 0 Å². The van der Waals surface area contributed by atoms with Gasteiger partial charge in [-0.15, -0.1) is 12.4 Å². The van der Waals surface area contributed by atoms with Gasteiger partial charge in [0.25, 0.3) is 5.91 Å². The first-order chi connectivity index (χ1) is 13.5.